The molecule has 1 amide bonds. The SMILES string of the molecule is Cc1ccc(-c2nc(C(=O)Nc3cn(C)nc3-c3ccccn3)cs2)n1C. The van der Waals surface area contributed by atoms with Crippen LogP contribution in [-0.4, -0.2) is 30.2 Å². The molecule has 0 saturated carbocycles. The number of carbonyl (C=O) groups is 1. The Morgan fingerprint density at radius 1 is 1.19 bits per heavy atom. The molecule has 1 N–H and O–H groups in total. The molecule has 0 bridgehead atoms. The van der Waals surface area contributed by atoms with Crippen LogP contribution in [0.5, 0.6) is 0 Å². The smallest absolute Gasteiger partial charge is 0.275 e. The maximum atomic E-state index is 12.7. The fourth-order valence-corrected chi connectivity index (χ4v) is 3.64. The zero-order valence-electron chi connectivity index (χ0n) is 15.2. The summed E-state index contributed by atoms with van der Waals surface area (Å²) in [5.74, 6) is -0.270. The molecule has 0 atom stereocenters. The lowest BCUT2D eigenvalue weighted by atomic mass is 10.2. The van der Waals surface area contributed by atoms with E-state index in [1.54, 1.807) is 29.5 Å². The maximum absolute atomic E-state index is 12.7. The van der Waals surface area contributed by atoms with Crippen molar-refractivity contribution in [3.63, 3.8) is 0 Å². The minimum absolute atomic E-state index is 0.270. The standard InChI is InChI=1S/C19H18N6OS/c1-12-7-8-16(25(12)3)19-22-15(11-27-19)18(26)21-14-10-24(2)23-17(14)13-6-4-5-9-20-13/h4-11H,1-3H3,(H,21,26). The van der Waals surface area contributed by atoms with Crippen LogP contribution >= 0.6 is 11.3 Å². The van der Waals surface area contributed by atoms with Crippen LogP contribution in [0.1, 0.15) is 16.2 Å². The van der Waals surface area contributed by atoms with Crippen LogP contribution in [0.25, 0.3) is 22.1 Å². The third-order valence-corrected chi connectivity index (χ3v) is 5.18. The Hall–Kier alpha value is -3.26. The molecule has 0 unspecified atom stereocenters. The van der Waals surface area contributed by atoms with Gasteiger partial charge in [0.25, 0.3) is 5.91 Å². The fourth-order valence-electron chi connectivity index (χ4n) is 2.78. The quantitative estimate of drug-likeness (QED) is 0.589. The second kappa shape index (κ2) is 6.81. The first-order valence-electron chi connectivity index (χ1n) is 8.37. The number of thiazole rings is 1. The molecule has 0 radical (unpaired) electrons. The Morgan fingerprint density at radius 3 is 2.74 bits per heavy atom. The summed E-state index contributed by atoms with van der Waals surface area (Å²) in [5, 5.41) is 9.90. The van der Waals surface area contributed by atoms with Crippen molar-refractivity contribution in [2.24, 2.45) is 14.1 Å². The molecule has 0 fully saturated rings. The van der Waals surface area contributed by atoms with Crippen LogP contribution in [0.3, 0.4) is 0 Å². The van der Waals surface area contributed by atoms with Gasteiger partial charge in [-0.2, -0.15) is 5.10 Å². The Kier molecular flexibility index (Phi) is 4.33. The van der Waals surface area contributed by atoms with Crippen molar-refractivity contribution in [2.45, 2.75) is 6.92 Å². The third kappa shape index (κ3) is 3.26. The predicted octanol–water partition coefficient (Wildman–Crippen LogP) is 3.50. The lowest BCUT2D eigenvalue weighted by Gasteiger charge is -2.03. The lowest BCUT2D eigenvalue weighted by molar-refractivity contribution is 0.102. The summed E-state index contributed by atoms with van der Waals surface area (Å²) >= 11 is 1.45. The first-order valence-corrected chi connectivity index (χ1v) is 9.25. The van der Waals surface area contributed by atoms with E-state index >= 15 is 0 Å². The largest absolute Gasteiger partial charge is 0.346 e. The Morgan fingerprint density at radius 2 is 2.04 bits per heavy atom. The Labute approximate surface area is 160 Å². The molecular formula is C19H18N6OS. The predicted molar refractivity (Wildman–Crippen MR) is 106 cm³/mol. The topological polar surface area (TPSA) is 77.6 Å². The van der Waals surface area contributed by atoms with Crippen LogP contribution in [0.2, 0.25) is 0 Å². The molecule has 0 aliphatic carbocycles. The summed E-state index contributed by atoms with van der Waals surface area (Å²) in [7, 11) is 3.79. The molecule has 136 valence electrons. The first-order chi connectivity index (χ1) is 13.0. The van der Waals surface area contributed by atoms with E-state index in [-0.39, 0.29) is 5.91 Å². The van der Waals surface area contributed by atoms with E-state index in [9.17, 15) is 4.79 Å². The Bertz CT molecular complexity index is 1110. The summed E-state index contributed by atoms with van der Waals surface area (Å²) in [4.78, 5) is 21.5. The van der Waals surface area contributed by atoms with E-state index in [4.69, 9.17) is 0 Å². The van der Waals surface area contributed by atoms with Gasteiger partial charge in [-0.1, -0.05) is 6.07 Å². The number of hydrogen-bond donors (Lipinski definition) is 1. The number of carbonyl (C=O) groups excluding carboxylic acids is 1. The van der Waals surface area contributed by atoms with E-state index in [0.717, 1.165) is 16.4 Å². The third-order valence-electron chi connectivity index (χ3n) is 4.31. The van der Waals surface area contributed by atoms with Gasteiger partial charge in [0.1, 0.15) is 16.4 Å². The second-order valence-electron chi connectivity index (χ2n) is 6.19. The lowest BCUT2D eigenvalue weighted by Crippen LogP contribution is -2.12. The first kappa shape index (κ1) is 17.2. The molecule has 0 aliphatic heterocycles. The van der Waals surface area contributed by atoms with Gasteiger partial charge in [-0.05, 0) is 31.2 Å². The Balaban J connectivity index is 1.60. The summed E-state index contributed by atoms with van der Waals surface area (Å²) in [6, 6.07) is 9.63. The van der Waals surface area contributed by atoms with E-state index in [2.05, 4.69) is 25.0 Å². The van der Waals surface area contributed by atoms with Gasteiger partial charge in [-0.15, -0.1) is 11.3 Å². The monoisotopic (exact) mass is 378 g/mol. The highest BCUT2D eigenvalue weighted by Crippen LogP contribution is 2.27. The number of amides is 1. The number of anilines is 1. The number of hydrogen-bond acceptors (Lipinski definition) is 5. The van der Waals surface area contributed by atoms with Crippen molar-refractivity contribution in [3.05, 3.63) is 59.5 Å². The van der Waals surface area contributed by atoms with Gasteiger partial charge < -0.3 is 9.88 Å². The highest BCUT2D eigenvalue weighted by atomic mass is 32.1. The van der Waals surface area contributed by atoms with Gasteiger partial charge in [-0.25, -0.2) is 4.98 Å². The van der Waals surface area contributed by atoms with E-state index in [0.29, 0.717) is 22.8 Å². The van der Waals surface area contributed by atoms with Gasteiger partial charge >= 0.3 is 0 Å². The van der Waals surface area contributed by atoms with Crippen LogP contribution < -0.4 is 5.32 Å². The molecular weight excluding hydrogens is 360 g/mol. The number of aryl methyl sites for hydroxylation is 2. The number of aromatic nitrogens is 5. The number of pyridine rings is 1. The van der Waals surface area contributed by atoms with E-state index < -0.39 is 0 Å². The van der Waals surface area contributed by atoms with Crippen LogP contribution in [0, 0.1) is 6.92 Å². The molecule has 4 rings (SSSR count). The normalized spacial score (nSPS) is 10.9. The zero-order valence-corrected chi connectivity index (χ0v) is 16.0. The zero-order chi connectivity index (χ0) is 19.0. The number of nitrogens with zero attached hydrogens (tertiary/aromatic N) is 5. The molecule has 4 aromatic heterocycles. The van der Waals surface area contributed by atoms with Crippen LogP contribution in [0.4, 0.5) is 5.69 Å². The maximum Gasteiger partial charge on any atom is 0.275 e. The summed E-state index contributed by atoms with van der Waals surface area (Å²) < 4.78 is 3.71. The van der Waals surface area contributed by atoms with Crippen molar-refractivity contribution in [2.75, 3.05) is 5.32 Å². The van der Waals surface area contributed by atoms with Crippen molar-refractivity contribution in [1.29, 1.82) is 0 Å². The van der Waals surface area contributed by atoms with Gasteiger partial charge in [0.2, 0.25) is 0 Å². The fraction of sp³-hybridized carbons (Fsp3) is 0.158. The molecule has 0 aromatic carbocycles. The molecule has 0 saturated heterocycles. The second-order valence-corrected chi connectivity index (χ2v) is 7.05. The summed E-state index contributed by atoms with van der Waals surface area (Å²) in [6.45, 7) is 2.03. The minimum Gasteiger partial charge on any atom is -0.346 e. The summed E-state index contributed by atoms with van der Waals surface area (Å²) in [5.41, 5.74) is 4.44. The van der Waals surface area contributed by atoms with Crippen LogP contribution in [-0.2, 0) is 14.1 Å². The van der Waals surface area contributed by atoms with Crippen molar-refractivity contribution in [1.82, 2.24) is 24.3 Å². The number of rotatable bonds is 4. The highest BCUT2D eigenvalue weighted by molar-refractivity contribution is 7.13. The average molecular weight is 378 g/mol. The van der Waals surface area contributed by atoms with Crippen molar-refractivity contribution < 1.29 is 4.79 Å². The molecule has 0 aliphatic rings. The highest BCUT2D eigenvalue weighted by Gasteiger charge is 2.18. The van der Waals surface area contributed by atoms with Gasteiger partial charge in [-0.3, -0.25) is 14.5 Å². The molecule has 0 spiro atoms. The molecule has 27 heavy (non-hydrogen) atoms. The van der Waals surface area contributed by atoms with Crippen molar-refractivity contribution in [3.8, 4) is 22.1 Å². The number of nitrogens with one attached hydrogen (secondary N) is 1. The molecule has 4 aromatic rings. The molecule has 8 heteroatoms. The van der Waals surface area contributed by atoms with E-state index in [1.807, 2.05) is 44.3 Å². The van der Waals surface area contributed by atoms with Gasteiger partial charge in [0.05, 0.1) is 17.1 Å². The van der Waals surface area contributed by atoms with E-state index in [1.165, 1.54) is 11.3 Å². The van der Waals surface area contributed by atoms with Gasteiger partial charge in [0, 0.05) is 37.6 Å². The molecule has 4 heterocycles. The van der Waals surface area contributed by atoms with Crippen molar-refractivity contribution >= 4 is 22.9 Å². The minimum atomic E-state index is -0.270. The summed E-state index contributed by atoms with van der Waals surface area (Å²) in [6.07, 6.45) is 3.46. The van der Waals surface area contributed by atoms with Crippen LogP contribution in [0.15, 0.2) is 48.1 Å². The van der Waals surface area contributed by atoms with Gasteiger partial charge in [0.15, 0.2) is 0 Å². The molecule has 7 nitrogen and oxygen atoms in total. The average Bonchev–Trinajstić information content (AvgIpc) is 3.36.